The van der Waals surface area contributed by atoms with Crippen molar-refractivity contribution < 1.29 is 19.0 Å². The standard InChI is InChI=1S/C34H34N2O5S/c1-7-41-33(38)29-30(22-11-9-8-10-12-22)35-34-36(31(29)23-13-15-25(39-5)16-14-23)32(37)28(42-34)19-24-18-26(20(2)3)27(40-6)17-21(24)4/h8-20,31H,7H2,1-6H3/b28-19+/t31-/m1/s1. The third-order valence-electron chi connectivity index (χ3n) is 7.33. The van der Waals surface area contributed by atoms with E-state index in [0.717, 1.165) is 33.6 Å². The Bertz CT molecular complexity index is 1830. The van der Waals surface area contributed by atoms with E-state index in [0.29, 0.717) is 26.4 Å². The molecule has 0 spiro atoms. The van der Waals surface area contributed by atoms with E-state index in [1.807, 2.05) is 73.7 Å². The molecule has 8 heteroatoms. The second-order valence-corrected chi connectivity index (χ2v) is 11.3. The van der Waals surface area contributed by atoms with Crippen LogP contribution < -0.4 is 24.4 Å². The maximum absolute atomic E-state index is 14.2. The lowest BCUT2D eigenvalue weighted by Crippen LogP contribution is -2.40. The maximum atomic E-state index is 14.2. The number of ether oxygens (including phenoxy) is 3. The molecule has 42 heavy (non-hydrogen) atoms. The number of aromatic nitrogens is 1. The Balaban J connectivity index is 1.81. The Hall–Kier alpha value is -4.43. The number of aryl methyl sites for hydroxylation is 1. The highest BCUT2D eigenvalue weighted by atomic mass is 32.1. The summed E-state index contributed by atoms with van der Waals surface area (Å²) in [6.07, 6.45) is 1.91. The van der Waals surface area contributed by atoms with Gasteiger partial charge < -0.3 is 14.2 Å². The van der Waals surface area contributed by atoms with E-state index in [4.69, 9.17) is 19.2 Å². The van der Waals surface area contributed by atoms with Gasteiger partial charge in [0.25, 0.3) is 5.56 Å². The number of fused-ring (bicyclic) bond motifs is 1. The molecule has 0 bridgehead atoms. The number of rotatable bonds is 8. The molecule has 0 saturated heterocycles. The molecule has 0 amide bonds. The molecule has 1 aromatic heterocycles. The third kappa shape index (κ3) is 5.42. The number of carbonyl (C=O) groups is 1. The average molecular weight is 583 g/mol. The van der Waals surface area contributed by atoms with Gasteiger partial charge in [0.15, 0.2) is 4.80 Å². The molecule has 0 aliphatic carbocycles. The number of hydrogen-bond acceptors (Lipinski definition) is 7. The molecule has 0 radical (unpaired) electrons. The summed E-state index contributed by atoms with van der Waals surface area (Å²) in [7, 11) is 3.27. The lowest BCUT2D eigenvalue weighted by Gasteiger charge is -2.26. The first-order chi connectivity index (χ1) is 20.3. The lowest BCUT2D eigenvalue weighted by atomic mass is 9.93. The molecule has 1 aliphatic heterocycles. The number of methoxy groups -OCH3 is 2. The highest BCUT2D eigenvalue weighted by Gasteiger charge is 2.35. The fraction of sp³-hybridized carbons (Fsp3) is 0.265. The molecule has 3 aromatic carbocycles. The van der Waals surface area contributed by atoms with E-state index in [1.165, 1.54) is 11.3 Å². The van der Waals surface area contributed by atoms with Crippen LogP contribution in [0.25, 0.3) is 11.8 Å². The third-order valence-corrected chi connectivity index (χ3v) is 8.32. The van der Waals surface area contributed by atoms with Crippen LogP contribution in [0.4, 0.5) is 0 Å². The van der Waals surface area contributed by atoms with Gasteiger partial charge >= 0.3 is 5.97 Å². The topological polar surface area (TPSA) is 79.1 Å². The molecule has 5 rings (SSSR count). The molecule has 0 N–H and O–H groups in total. The summed E-state index contributed by atoms with van der Waals surface area (Å²) in [4.78, 5) is 33.3. The monoisotopic (exact) mass is 582 g/mol. The summed E-state index contributed by atoms with van der Waals surface area (Å²) in [5.41, 5.74) is 5.08. The SMILES string of the molecule is CCOC(=O)C1=C(c2ccccc2)N=c2s/c(=C/c3cc(C(C)C)c(OC)cc3C)c(=O)n2[C@@H]1c1ccc(OC)cc1. The average Bonchev–Trinajstić information content (AvgIpc) is 3.31. The van der Waals surface area contributed by atoms with Crippen LogP contribution in [-0.2, 0) is 9.53 Å². The van der Waals surface area contributed by atoms with Crippen molar-refractivity contribution in [2.45, 2.75) is 39.7 Å². The first-order valence-electron chi connectivity index (χ1n) is 13.9. The minimum absolute atomic E-state index is 0.194. The van der Waals surface area contributed by atoms with Gasteiger partial charge in [-0.05, 0) is 72.4 Å². The molecule has 0 saturated carbocycles. The fourth-order valence-corrected chi connectivity index (χ4v) is 6.17. The van der Waals surface area contributed by atoms with Gasteiger partial charge in [0.05, 0.1) is 42.7 Å². The zero-order valence-electron chi connectivity index (χ0n) is 24.6. The predicted octanol–water partition coefficient (Wildman–Crippen LogP) is 5.38. The number of nitrogens with zero attached hydrogens (tertiary/aromatic N) is 2. The summed E-state index contributed by atoms with van der Waals surface area (Å²) in [5.74, 6) is 1.23. The van der Waals surface area contributed by atoms with Crippen LogP contribution >= 0.6 is 11.3 Å². The maximum Gasteiger partial charge on any atom is 0.338 e. The van der Waals surface area contributed by atoms with E-state index in [9.17, 15) is 9.59 Å². The van der Waals surface area contributed by atoms with Crippen LogP contribution in [0.2, 0.25) is 0 Å². The summed E-state index contributed by atoms with van der Waals surface area (Å²) >= 11 is 1.31. The zero-order valence-corrected chi connectivity index (χ0v) is 25.5. The molecule has 4 aromatic rings. The summed E-state index contributed by atoms with van der Waals surface area (Å²) < 4.78 is 18.7. The van der Waals surface area contributed by atoms with Gasteiger partial charge in [0.1, 0.15) is 11.5 Å². The first kappa shape index (κ1) is 29.1. The van der Waals surface area contributed by atoms with Crippen LogP contribution in [0.1, 0.15) is 60.5 Å². The smallest absolute Gasteiger partial charge is 0.338 e. The quantitative estimate of drug-likeness (QED) is 0.261. The number of carbonyl (C=O) groups excluding carboxylic acids is 1. The van der Waals surface area contributed by atoms with E-state index in [-0.39, 0.29) is 18.1 Å². The normalized spacial score (nSPS) is 14.9. The van der Waals surface area contributed by atoms with Crippen LogP contribution in [-0.4, -0.2) is 31.4 Å². The van der Waals surface area contributed by atoms with Crippen molar-refractivity contribution in [3.63, 3.8) is 0 Å². The molecular formula is C34H34N2O5S. The zero-order chi connectivity index (χ0) is 30.0. The fourth-order valence-electron chi connectivity index (χ4n) is 5.18. The summed E-state index contributed by atoms with van der Waals surface area (Å²) in [6, 6.07) is 20.3. The highest BCUT2D eigenvalue weighted by molar-refractivity contribution is 7.07. The summed E-state index contributed by atoms with van der Waals surface area (Å²) in [6.45, 7) is 8.19. The van der Waals surface area contributed by atoms with Gasteiger partial charge in [-0.15, -0.1) is 0 Å². The van der Waals surface area contributed by atoms with Gasteiger partial charge in [-0.25, -0.2) is 9.79 Å². The van der Waals surface area contributed by atoms with Crippen molar-refractivity contribution in [3.8, 4) is 11.5 Å². The van der Waals surface area contributed by atoms with E-state index < -0.39 is 12.0 Å². The molecule has 0 unspecified atom stereocenters. The lowest BCUT2D eigenvalue weighted by molar-refractivity contribution is -0.138. The number of benzene rings is 3. The van der Waals surface area contributed by atoms with Crippen LogP contribution in [0.5, 0.6) is 11.5 Å². The molecular weight excluding hydrogens is 548 g/mol. The Labute approximate surface area is 249 Å². The minimum atomic E-state index is -0.744. The van der Waals surface area contributed by atoms with Gasteiger partial charge in [0.2, 0.25) is 0 Å². The van der Waals surface area contributed by atoms with E-state index in [1.54, 1.807) is 25.7 Å². The van der Waals surface area contributed by atoms with Gasteiger partial charge in [-0.2, -0.15) is 0 Å². The van der Waals surface area contributed by atoms with Gasteiger partial charge in [-0.1, -0.05) is 67.6 Å². The molecule has 216 valence electrons. The van der Waals surface area contributed by atoms with Crippen molar-refractivity contribution >= 4 is 29.1 Å². The molecule has 2 heterocycles. The number of hydrogen-bond donors (Lipinski definition) is 0. The van der Waals surface area contributed by atoms with Crippen molar-refractivity contribution in [2.24, 2.45) is 4.99 Å². The molecule has 7 nitrogen and oxygen atoms in total. The van der Waals surface area contributed by atoms with E-state index >= 15 is 0 Å². The van der Waals surface area contributed by atoms with Crippen molar-refractivity contribution in [1.82, 2.24) is 4.57 Å². The van der Waals surface area contributed by atoms with Crippen molar-refractivity contribution in [1.29, 1.82) is 0 Å². The molecule has 0 fully saturated rings. The second-order valence-electron chi connectivity index (χ2n) is 10.3. The van der Waals surface area contributed by atoms with Crippen LogP contribution in [0.15, 0.2) is 82.1 Å². The minimum Gasteiger partial charge on any atom is -0.497 e. The van der Waals surface area contributed by atoms with E-state index in [2.05, 4.69) is 19.9 Å². The van der Waals surface area contributed by atoms with Gasteiger partial charge in [0, 0.05) is 5.56 Å². The number of esters is 1. The molecule has 1 aliphatic rings. The van der Waals surface area contributed by atoms with Crippen molar-refractivity contribution in [3.05, 3.63) is 120 Å². The van der Waals surface area contributed by atoms with Crippen molar-refractivity contribution in [2.75, 3.05) is 20.8 Å². The predicted molar refractivity (Wildman–Crippen MR) is 166 cm³/mol. The summed E-state index contributed by atoms with van der Waals surface area (Å²) in [5, 5.41) is 0. The Morgan fingerprint density at radius 1 is 1.05 bits per heavy atom. The van der Waals surface area contributed by atoms with Crippen LogP contribution in [0.3, 0.4) is 0 Å². The number of thiazole rings is 1. The van der Waals surface area contributed by atoms with Gasteiger partial charge in [-0.3, -0.25) is 9.36 Å². The molecule has 1 atom stereocenters. The van der Waals surface area contributed by atoms with Crippen LogP contribution in [0, 0.1) is 6.92 Å². The second kappa shape index (κ2) is 12.2. The highest BCUT2D eigenvalue weighted by Crippen LogP contribution is 2.36. The largest absolute Gasteiger partial charge is 0.497 e. The Morgan fingerprint density at radius 3 is 2.38 bits per heavy atom. The Morgan fingerprint density at radius 2 is 1.76 bits per heavy atom. The Kier molecular flexibility index (Phi) is 8.45. The first-order valence-corrected chi connectivity index (χ1v) is 14.7.